The molecule has 0 fully saturated rings. The Kier molecular flexibility index (Phi) is 3.84. The van der Waals surface area contributed by atoms with Crippen molar-refractivity contribution in [2.75, 3.05) is 19.0 Å². The van der Waals surface area contributed by atoms with Gasteiger partial charge in [0.05, 0.1) is 10.6 Å². The minimum atomic E-state index is -0.891. The zero-order chi connectivity index (χ0) is 13.1. The maximum atomic E-state index is 11.3. The van der Waals surface area contributed by atoms with Gasteiger partial charge in [0.2, 0.25) is 0 Å². The van der Waals surface area contributed by atoms with E-state index >= 15 is 0 Å². The Hall–Kier alpha value is -1.59. The summed E-state index contributed by atoms with van der Waals surface area (Å²) in [6, 6.07) is 7.61. The van der Waals surface area contributed by atoms with Crippen molar-refractivity contribution in [2.24, 2.45) is 0 Å². The van der Waals surface area contributed by atoms with Crippen LogP contribution in [0.1, 0.15) is 9.75 Å². The standard InChI is InChI=1S/C13H13NO2S2/c1-14(2)12-6-5-9(18-12)8-10(13(15)16)11-4-3-7-17-11/h3-8H,1-2H3,(H,15,16)/b10-8-. The lowest BCUT2D eigenvalue weighted by Gasteiger charge is -2.06. The molecular weight excluding hydrogens is 266 g/mol. The van der Waals surface area contributed by atoms with Crippen LogP contribution in [0.15, 0.2) is 29.6 Å². The van der Waals surface area contributed by atoms with Crippen molar-refractivity contribution in [3.8, 4) is 0 Å². The smallest absolute Gasteiger partial charge is 0.337 e. The molecule has 1 N–H and O–H groups in total. The molecule has 3 nitrogen and oxygen atoms in total. The highest BCUT2D eigenvalue weighted by molar-refractivity contribution is 7.17. The number of rotatable bonds is 4. The van der Waals surface area contributed by atoms with Gasteiger partial charge in [-0.15, -0.1) is 22.7 Å². The van der Waals surface area contributed by atoms with Crippen molar-refractivity contribution in [3.05, 3.63) is 39.4 Å². The van der Waals surface area contributed by atoms with E-state index in [-0.39, 0.29) is 0 Å². The maximum Gasteiger partial charge on any atom is 0.337 e. The van der Waals surface area contributed by atoms with Crippen molar-refractivity contribution in [1.82, 2.24) is 0 Å². The molecule has 0 bridgehead atoms. The lowest BCUT2D eigenvalue weighted by molar-refractivity contribution is -0.130. The fraction of sp³-hybridized carbons (Fsp3) is 0.154. The second kappa shape index (κ2) is 5.37. The molecule has 2 heterocycles. The van der Waals surface area contributed by atoms with Crippen LogP contribution in [0.4, 0.5) is 5.00 Å². The predicted octanol–water partition coefficient (Wildman–Crippen LogP) is 3.50. The molecule has 0 aliphatic heterocycles. The number of aliphatic carboxylic acids is 1. The van der Waals surface area contributed by atoms with E-state index in [9.17, 15) is 9.90 Å². The highest BCUT2D eigenvalue weighted by Gasteiger charge is 2.12. The van der Waals surface area contributed by atoms with E-state index in [2.05, 4.69) is 0 Å². The summed E-state index contributed by atoms with van der Waals surface area (Å²) in [6.45, 7) is 0. The molecule has 2 aromatic heterocycles. The van der Waals surface area contributed by atoms with Gasteiger partial charge in [-0.25, -0.2) is 4.79 Å². The van der Waals surface area contributed by atoms with Crippen LogP contribution in [0, 0.1) is 0 Å². The van der Waals surface area contributed by atoms with Crippen LogP contribution in [0.5, 0.6) is 0 Å². The van der Waals surface area contributed by atoms with E-state index in [1.807, 2.05) is 48.6 Å². The van der Waals surface area contributed by atoms with Crippen LogP contribution in [0.25, 0.3) is 11.6 Å². The van der Waals surface area contributed by atoms with E-state index < -0.39 is 5.97 Å². The predicted molar refractivity (Wildman–Crippen MR) is 78.5 cm³/mol. The Morgan fingerprint density at radius 3 is 2.61 bits per heavy atom. The van der Waals surface area contributed by atoms with Crippen LogP contribution >= 0.6 is 22.7 Å². The maximum absolute atomic E-state index is 11.3. The molecule has 0 spiro atoms. The van der Waals surface area contributed by atoms with Crippen molar-refractivity contribution >= 4 is 45.3 Å². The summed E-state index contributed by atoms with van der Waals surface area (Å²) in [5.41, 5.74) is 0.345. The second-order valence-corrected chi connectivity index (χ2v) is 5.95. The quantitative estimate of drug-likeness (QED) is 0.871. The third-order valence-corrected chi connectivity index (χ3v) is 4.46. The van der Waals surface area contributed by atoms with Gasteiger partial charge in [0, 0.05) is 23.8 Å². The van der Waals surface area contributed by atoms with Gasteiger partial charge in [-0.3, -0.25) is 0 Å². The molecule has 0 unspecified atom stereocenters. The van der Waals surface area contributed by atoms with Gasteiger partial charge in [-0.05, 0) is 29.7 Å². The van der Waals surface area contributed by atoms with Crippen LogP contribution < -0.4 is 4.90 Å². The molecule has 0 saturated heterocycles. The Morgan fingerprint density at radius 2 is 2.11 bits per heavy atom. The monoisotopic (exact) mass is 279 g/mol. The summed E-state index contributed by atoms with van der Waals surface area (Å²) in [7, 11) is 3.94. The van der Waals surface area contributed by atoms with Gasteiger partial charge in [0.1, 0.15) is 0 Å². The molecule has 18 heavy (non-hydrogen) atoms. The van der Waals surface area contributed by atoms with Gasteiger partial charge in [-0.1, -0.05) is 6.07 Å². The summed E-state index contributed by atoms with van der Waals surface area (Å²) in [5, 5.41) is 12.2. The first kappa shape index (κ1) is 12.9. The summed E-state index contributed by atoms with van der Waals surface area (Å²) in [5.74, 6) is -0.891. The van der Waals surface area contributed by atoms with Gasteiger partial charge in [-0.2, -0.15) is 0 Å². The van der Waals surface area contributed by atoms with Crippen LogP contribution in [0.2, 0.25) is 0 Å². The Morgan fingerprint density at radius 1 is 1.33 bits per heavy atom. The second-order valence-electron chi connectivity index (χ2n) is 3.91. The lowest BCUT2D eigenvalue weighted by Crippen LogP contribution is -2.05. The number of nitrogens with zero attached hydrogens (tertiary/aromatic N) is 1. The average Bonchev–Trinajstić information content (AvgIpc) is 2.96. The number of anilines is 1. The van der Waals surface area contributed by atoms with Crippen molar-refractivity contribution < 1.29 is 9.90 Å². The van der Waals surface area contributed by atoms with E-state index in [0.717, 1.165) is 14.8 Å². The molecule has 94 valence electrons. The molecular formula is C13H13NO2S2. The normalized spacial score (nSPS) is 11.6. The fourth-order valence-corrected chi connectivity index (χ4v) is 3.08. The molecule has 0 aliphatic carbocycles. The topological polar surface area (TPSA) is 40.5 Å². The molecule has 0 radical (unpaired) electrons. The molecule has 2 aromatic rings. The Labute approximate surface area is 114 Å². The highest BCUT2D eigenvalue weighted by Crippen LogP contribution is 2.29. The zero-order valence-electron chi connectivity index (χ0n) is 10.1. The largest absolute Gasteiger partial charge is 0.478 e. The number of hydrogen-bond acceptors (Lipinski definition) is 4. The van der Waals surface area contributed by atoms with E-state index in [0.29, 0.717) is 5.57 Å². The summed E-state index contributed by atoms with van der Waals surface area (Å²) in [6.07, 6.45) is 1.73. The minimum Gasteiger partial charge on any atom is -0.478 e. The summed E-state index contributed by atoms with van der Waals surface area (Å²) >= 11 is 3.01. The number of carboxylic acids is 1. The first-order valence-corrected chi connectivity index (χ1v) is 7.03. The molecule has 0 aliphatic rings. The fourth-order valence-electron chi connectivity index (χ4n) is 1.47. The number of carbonyl (C=O) groups is 1. The third kappa shape index (κ3) is 2.80. The zero-order valence-corrected chi connectivity index (χ0v) is 11.7. The average molecular weight is 279 g/mol. The number of carboxylic acid groups (broad SMARTS) is 1. The molecule has 2 rings (SSSR count). The van der Waals surface area contributed by atoms with E-state index in [1.165, 1.54) is 11.3 Å². The summed E-state index contributed by atoms with van der Waals surface area (Å²) < 4.78 is 0. The van der Waals surface area contributed by atoms with Crippen LogP contribution in [-0.4, -0.2) is 25.2 Å². The number of hydrogen-bond donors (Lipinski definition) is 1. The molecule has 0 atom stereocenters. The SMILES string of the molecule is CN(C)c1ccc(/C=C(\C(=O)O)c2cccs2)s1. The van der Waals surface area contributed by atoms with E-state index in [1.54, 1.807) is 17.4 Å². The first-order valence-electron chi connectivity index (χ1n) is 5.34. The van der Waals surface area contributed by atoms with Crippen LogP contribution in [-0.2, 0) is 4.79 Å². The van der Waals surface area contributed by atoms with Crippen LogP contribution in [0.3, 0.4) is 0 Å². The molecule has 0 amide bonds. The van der Waals surface area contributed by atoms with E-state index in [4.69, 9.17) is 0 Å². The minimum absolute atomic E-state index is 0.345. The molecule has 0 aromatic carbocycles. The Balaban J connectivity index is 2.36. The summed E-state index contributed by atoms with van der Waals surface area (Å²) in [4.78, 5) is 15.0. The Bertz CT molecular complexity index is 568. The van der Waals surface area contributed by atoms with Crippen molar-refractivity contribution in [2.45, 2.75) is 0 Å². The highest BCUT2D eigenvalue weighted by atomic mass is 32.1. The number of thiophene rings is 2. The van der Waals surface area contributed by atoms with Crippen molar-refractivity contribution in [1.29, 1.82) is 0 Å². The third-order valence-electron chi connectivity index (χ3n) is 2.36. The van der Waals surface area contributed by atoms with Gasteiger partial charge < -0.3 is 10.0 Å². The van der Waals surface area contributed by atoms with Crippen molar-refractivity contribution in [3.63, 3.8) is 0 Å². The van der Waals surface area contributed by atoms with Gasteiger partial charge >= 0.3 is 5.97 Å². The molecule has 0 saturated carbocycles. The lowest BCUT2D eigenvalue weighted by atomic mass is 10.2. The van der Waals surface area contributed by atoms with Gasteiger partial charge in [0.15, 0.2) is 0 Å². The first-order chi connectivity index (χ1) is 8.58. The van der Waals surface area contributed by atoms with Gasteiger partial charge in [0.25, 0.3) is 0 Å². The molecule has 5 heteroatoms.